The summed E-state index contributed by atoms with van der Waals surface area (Å²) in [5.74, 6) is -0.913. The fraction of sp³-hybridized carbons (Fsp3) is 0.400. The van der Waals surface area contributed by atoms with Crippen LogP contribution in [0.25, 0.3) is 0 Å². The highest BCUT2D eigenvalue weighted by Gasteiger charge is 2.14. The Balaban J connectivity index is 2.38. The Morgan fingerprint density at radius 1 is 1.22 bits per heavy atom. The Morgan fingerprint density at radius 3 is 2.61 bits per heavy atom. The smallest absolute Gasteiger partial charge is 0.339 e. The normalized spacial score (nSPS) is 9.87. The molecule has 0 aliphatic rings. The van der Waals surface area contributed by atoms with Crippen molar-refractivity contribution in [3.05, 3.63) is 28.2 Å². The molecule has 7 nitrogen and oxygen atoms in total. The zero-order chi connectivity index (χ0) is 17.2. The highest BCUT2D eigenvalue weighted by molar-refractivity contribution is 9.10. The zero-order valence-corrected chi connectivity index (χ0v) is 14.5. The predicted molar refractivity (Wildman–Crippen MR) is 85.2 cm³/mol. The molecular formula is C15H18BrNO6. The summed E-state index contributed by atoms with van der Waals surface area (Å²) >= 11 is 3.24. The van der Waals surface area contributed by atoms with E-state index in [2.05, 4.69) is 26.0 Å². The van der Waals surface area contributed by atoms with Crippen molar-refractivity contribution in [2.75, 3.05) is 27.4 Å². The Bertz CT molecular complexity index is 575. The first-order chi connectivity index (χ1) is 11.0. The molecule has 1 aromatic rings. The lowest BCUT2D eigenvalue weighted by Gasteiger charge is -2.08. The van der Waals surface area contributed by atoms with E-state index in [0.29, 0.717) is 23.2 Å². The van der Waals surface area contributed by atoms with Gasteiger partial charge in [-0.1, -0.05) is 0 Å². The fourth-order valence-electron chi connectivity index (χ4n) is 1.61. The van der Waals surface area contributed by atoms with Gasteiger partial charge < -0.3 is 19.5 Å². The molecule has 0 saturated carbocycles. The lowest BCUT2D eigenvalue weighted by atomic mass is 10.2. The van der Waals surface area contributed by atoms with Crippen molar-refractivity contribution in [1.29, 1.82) is 0 Å². The summed E-state index contributed by atoms with van der Waals surface area (Å²) < 4.78 is 15.0. The zero-order valence-electron chi connectivity index (χ0n) is 12.9. The van der Waals surface area contributed by atoms with Crippen molar-refractivity contribution < 1.29 is 28.6 Å². The minimum Gasteiger partial charge on any atom is -0.497 e. The molecule has 0 fully saturated rings. The molecule has 1 aromatic carbocycles. The average Bonchev–Trinajstić information content (AvgIpc) is 2.56. The number of nitrogens with one attached hydrogen (secondary N) is 1. The van der Waals surface area contributed by atoms with E-state index >= 15 is 0 Å². The Kier molecular flexibility index (Phi) is 8.10. The van der Waals surface area contributed by atoms with Crippen molar-refractivity contribution in [3.63, 3.8) is 0 Å². The standard InChI is InChI=1S/C15H18BrNO6/c1-21-10-5-6-12(16)11(8-10)15(20)23-9-13(18)17-7-3-4-14(19)22-2/h5-6,8H,3-4,7,9H2,1-2H3,(H,17,18). The number of rotatable bonds is 8. The third-order valence-electron chi connectivity index (χ3n) is 2.84. The molecule has 0 bridgehead atoms. The minimum atomic E-state index is -0.638. The van der Waals surface area contributed by atoms with E-state index < -0.39 is 18.5 Å². The maximum absolute atomic E-state index is 11.9. The Hall–Kier alpha value is -2.09. The molecule has 1 N–H and O–H groups in total. The van der Waals surface area contributed by atoms with Crippen LogP contribution in [0.15, 0.2) is 22.7 Å². The lowest BCUT2D eigenvalue weighted by Crippen LogP contribution is -2.30. The Labute approximate surface area is 142 Å². The van der Waals surface area contributed by atoms with Gasteiger partial charge in [0.2, 0.25) is 0 Å². The molecule has 8 heteroatoms. The molecule has 1 amide bonds. The highest BCUT2D eigenvalue weighted by Crippen LogP contribution is 2.23. The van der Waals surface area contributed by atoms with E-state index in [1.165, 1.54) is 20.3 Å². The topological polar surface area (TPSA) is 90.9 Å². The first kappa shape index (κ1) is 19.0. The quantitative estimate of drug-likeness (QED) is 0.538. The van der Waals surface area contributed by atoms with Gasteiger partial charge in [0.05, 0.1) is 19.8 Å². The van der Waals surface area contributed by atoms with Gasteiger partial charge in [-0.2, -0.15) is 0 Å². The van der Waals surface area contributed by atoms with E-state index in [4.69, 9.17) is 9.47 Å². The largest absolute Gasteiger partial charge is 0.497 e. The van der Waals surface area contributed by atoms with Gasteiger partial charge in [-0.15, -0.1) is 0 Å². The summed E-state index contributed by atoms with van der Waals surface area (Å²) in [5, 5.41) is 2.55. The monoisotopic (exact) mass is 387 g/mol. The second-order valence-electron chi connectivity index (χ2n) is 4.45. The first-order valence-electron chi connectivity index (χ1n) is 6.82. The minimum absolute atomic E-state index is 0.216. The number of ether oxygens (including phenoxy) is 3. The third kappa shape index (κ3) is 6.68. The number of hydrogen-bond donors (Lipinski definition) is 1. The fourth-order valence-corrected chi connectivity index (χ4v) is 2.02. The second-order valence-corrected chi connectivity index (χ2v) is 5.31. The number of methoxy groups -OCH3 is 2. The van der Waals surface area contributed by atoms with Crippen LogP contribution in [0.1, 0.15) is 23.2 Å². The van der Waals surface area contributed by atoms with Crippen LogP contribution in [-0.2, 0) is 19.1 Å². The molecule has 0 atom stereocenters. The van der Waals surface area contributed by atoms with Crippen LogP contribution in [0, 0.1) is 0 Å². The number of amides is 1. The van der Waals surface area contributed by atoms with E-state index in [1.54, 1.807) is 12.1 Å². The van der Waals surface area contributed by atoms with Crippen molar-refractivity contribution in [3.8, 4) is 5.75 Å². The van der Waals surface area contributed by atoms with Gasteiger partial charge >= 0.3 is 11.9 Å². The molecule has 126 valence electrons. The number of carbonyl (C=O) groups excluding carboxylic acids is 3. The van der Waals surface area contributed by atoms with Gasteiger partial charge in [0, 0.05) is 17.4 Å². The molecule has 0 heterocycles. The van der Waals surface area contributed by atoms with Gasteiger partial charge in [-0.3, -0.25) is 9.59 Å². The van der Waals surface area contributed by atoms with Crippen LogP contribution in [0.5, 0.6) is 5.75 Å². The number of hydrogen-bond acceptors (Lipinski definition) is 6. The van der Waals surface area contributed by atoms with Gasteiger partial charge in [0.25, 0.3) is 5.91 Å². The molecule has 1 rings (SSSR count). The first-order valence-corrected chi connectivity index (χ1v) is 7.61. The summed E-state index contributed by atoms with van der Waals surface area (Å²) in [6, 6.07) is 4.86. The van der Waals surface area contributed by atoms with Gasteiger partial charge in [0.15, 0.2) is 6.61 Å². The molecule has 0 radical (unpaired) electrons. The summed E-state index contributed by atoms with van der Waals surface area (Å²) in [5.41, 5.74) is 0.267. The maximum Gasteiger partial charge on any atom is 0.339 e. The van der Waals surface area contributed by atoms with Crippen molar-refractivity contribution >= 4 is 33.8 Å². The summed E-state index contributed by atoms with van der Waals surface area (Å²) in [6.45, 7) is -0.102. The van der Waals surface area contributed by atoms with Crippen LogP contribution < -0.4 is 10.1 Å². The molecule has 0 aliphatic heterocycles. The third-order valence-corrected chi connectivity index (χ3v) is 3.53. The molecule has 0 aromatic heterocycles. The van der Waals surface area contributed by atoms with Crippen molar-refractivity contribution in [1.82, 2.24) is 5.32 Å². The summed E-state index contributed by atoms with van der Waals surface area (Å²) in [4.78, 5) is 34.4. The van der Waals surface area contributed by atoms with Crippen molar-refractivity contribution in [2.45, 2.75) is 12.8 Å². The Morgan fingerprint density at radius 2 is 1.96 bits per heavy atom. The van der Waals surface area contributed by atoms with E-state index in [9.17, 15) is 14.4 Å². The SMILES string of the molecule is COC(=O)CCCNC(=O)COC(=O)c1cc(OC)ccc1Br. The second kappa shape index (κ2) is 9.83. The summed E-state index contributed by atoms with van der Waals surface area (Å²) in [6.07, 6.45) is 0.668. The van der Waals surface area contributed by atoms with E-state index in [-0.39, 0.29) is 18.0 Å². The van der Waals surface area contributed by atoms with Crippen LogP contribution in [0.2, 0.25) is 0 Å². The molecule has 0 spiro atoms. The van der Waals surface area contributed by atoms with Gasteiger partial charge in [0.1, 0.15) is 5.75 Å². The number of halogens is 1. The average molecular weight is 388 g/mol. The van der Waals surface area contributed by atoms with Crippen molar-refractivity contribution in [2.24, 2.45) is 0 Å². The van der Waals surface area contributed by atoms with Gasteiger partial charge in [-0.25, -0.2) is 4.79 Å². The number of carbonyl (C=O) groups is 3. The number of benzene rings is 1. The van der Waals surface area contributed by atoms with Crippen LogP contribution in [-0.4, -0.2) is 45.2 Å². The molecule has 0 saturated heterocycles. The molecule has 0 unspecified atom stereocenters. The molecular weight excluding hydrogens is 370 g/mol. The highest BCUT2D eigenvalue weighted by atomic mass is 79.9. The lowest BCUT2D eigenvalue weighted by molar-refractivity contribution is -0.140. The predicted octanol–water partition coefficient (Wildman–Crippen LogP) is 1.68. The van der Waals surface area contributed by atoms with Crippen LogP contribution in [0.4, 0.5) is 0 Å². The molecule has 23 heavy (non-hydrogen) atoms. The maximum atomic E-state index is 11.9. The van der Waals surface area contributed by atoms with Crippen LogP contribution in [0.3, 0.4) is 0 Å². The van der Waals surface area contributed by atoms with Crippen LogP contribution >= 0.6 is 15.9 Å². The number of esters is 2. The summed E-state index contributed by atoms with van der Waals surface area (Å²) in [7, 11) is 2.79. The van der Waals surface area contributed by atoms with E-state index in [1.807, 2.05) is 0 Å². The van der Waals surface area contributed by atoms with Gasteiger partial charge in [-0.05, 0) is 40.5 Å². The van der Waals surface area contributed by atoms with E-state index in [0.717, 1.165) is 0 Å². The molecule has 0 aliphatic carbocycles.